The second-order valence-corrected chi connectivity index (χ2v) is 4.58. The third kappa shape index (κ3) is 1.94. The van der Waals surface area contributed by atoms with Gasteiger partial charge in [0.2, 0.25) is 0 Å². The van der Waals surface area contributed by atoms with E-state index < -0.39 is 0 Å². The Morgan fingerprint density at radius 3 is 2.80 bits per heavy atom. The number of ether oxygens (including phenoxy) is 1. The van der Waals surface area contributed by atoms with Crippen molar-refractivity contribution in [2.45, 2.75) is 24.9 Å². The van der Waals surface area contributed by atoms with E-state index in [4.69, 9.17) is 16.3 Å². The van der Waals surface area contributed by atoms with Gasteiger partial charge in [-0.05, 0) is 30.4 Å². The molecule has 1 N–H and O–H groups in total. The van der Waals surface area contributed by atoms with Crippen LogP contribution in [-0.4, -0.2) is 24.2 Å². The van der Waals surface area contributed by atoms with Crippen LogP contribution in [0.4, 0.5) is 0 Å². The zero-order chi connectivity index (χ0) is 10.3. The van der Waals surface area contributed by atoms with Crippen LogP contribution in [0.2, 0.25) is 5.15 Å². The molecule has 1 aliphatic heterocycles. The normalized spacial score (nSPS) is 21.1. The maximum Gasteiger partial charge on any atom is 0.138 e. The van der Waals surface area contributed by atoms with E-state index in [2.05, 4.69) is 10.3 Å². The van der Waals surface area contributed by atoms with Crippen molar-refractivity contribution in [2.24, 2.45) is 0 Å². The van der Waals surface area contributed by atoms with Gasteiger partial charge in [0, 0.05) is 13.1 Å². The summed E-state index contributed by atoms with van der Waals surface area (Å²) in [6.07, 6.45) is 4.48. The molecule has 3 rings (SSSR count). The van der Waals surface area contributed by atoms with Crippen molar-refractivity contribution in [1.29, 1.82) is 0 Å². The predicted octanol–water partition coefficient (Wildman–Crippen LogP) is 1.96. The van der Waals surface area contributed by atoms with Gasteiger partial charge >= 0.3 is 0 Å². The molecule has 1 aliphatic carbocycles. The summed E-state index contributed by atoms with van der Waals surface area (Å²) in [6.45, 7) is 1.86. The molecule has 0 radical (unpaired) electrons. The molecular weight excluding hydrogens is 212 g/mol. The first-order chi connectivity index (χ1) is 7.33. The molecule has 80 valence electrons. The van der Waals surface area contributed by atoms with E-state index in [-0.39, 0.29) is 0 Å². The second-order valence-electron chi connectivity index (χ2n) is 4.22. The topological polar surface area (TPSA) is 34.1 Å². The molecule has 0 atom stereocenters. The van der Waals surface area contributed by atoms with Crippen LogP contribution < -0.4 is 10.1 Å². The van der Waals surface area contributed by atoms with Crippen molar-refractivity contribution in [3.63, 3.8) is 0 Å². The third-order valence-electron chi connectivity index (χ3n) is 2.91. The molecule has 0 spiro atoms. The Morgan fingerprint density at radius 2 is 2.20 bits per heavy atom. The first kappa shape index (κ1) is 9.43. The fourth-order valence-electron chi connectivity index (χ4n) is 1.73. The van der Waals surface area contributed by atoms with Crippen LogP contribution in [0, 0.1) is 0 Å². The van der Waals surface area contributed by atoms with Crippen LogP contribution in [0.5, 0.6) is 5.75 Å². The fraction of sp³-hybridized carbons (Fsp3) is 0.545. The Hall–Kier alpha value is -0.800. The molecule has 2 heterocycles. The SMILES string of the molecule is Clc1ncc(OC2CNC2)cc1C1CC1. The van der Waals surface area contributed by atoms with E-state index in [9.17, 15) is 0 Å². The highest BCUT2D eigenvalue weighted by molar-refractivity contribution is 6.30. The van der Waals surface area contributed by atoms with Gasteiger partial charge < -0.3 is 10.1 Å². The number of hydrogen-bond donors (Lipinski definition) is 1. The highest BCUT2D eigenvalue weighted by Gasteiger charge is 2.27. The Bertz CT molecular complexity index is 375. The van der Waals surface area contributed by atoms with Gasteiger partial charge in [0.1, 0.15) is 17.0 Å². The molecule has 1 saturated carbocycles. The molecule has 1 saturated heterocycles. The minimum atomic E-state index is 0.306. The van der Waals surface area contributed by atoms with Crippen LogP contribution in [-0.2, 0) is 0 Å². The van der Waals surface area contributed by atoms with E-state index in [1.807, 2.05) is 6.07 Å². The molecule has 1 aromatic heterocycles. The van der Waals surface area contributed by atoms with E-state index in [1.54, 1.807) is 6.20 Å². The Balaban J connectivity index is 1.78. The van der Waals surface area contributed by atoms with Crippen LogP contribution in [0.25, 0.3) is 0 Å². The smallest absolute Gasteiger partial charge is 0.138 e. The maximum atomic E-state index is 6.04. The van der Waals surface area contributed by atoms with Gasteiger partial charge in [-0.15, -0.1) is 0 Å². The minimum Gasteiger partial charge on any atom is -0.486 e. The van der Waals surface area contributed by atoms with E-state index in [0.29, 0.717) is 17.2 Å². The van der Waals surface area contributed by atoms with Crippen molar-refractivity contribution in [2.75, 3.05) is 13.1 Å². The van der Waals surface area contributed by atoms with E-state index in [1.165, 1.54) is 12.8 Å². The molecule has 0 bridgehead atoms. The molecule has 0 unspecified atom stereocenters. The van der Waals surface area contributed by atoms with Crippen molar-refractivity contribution >= 4 is 11.6 Å². The van der Waals surface area contributed by atoms with Crippen LogP contribution in [0.3, 0.4) is 0 Å². The summed E-state index contributed by atoms with van der Waals surface area (Å²) in [5.74, 6) is 1.47. The lowest BCUT2D eigenvalue weighted by atomic mass is 10.2. The number of rotatable bonds is 3. The number of halogens is 1. The third-order valence-corrected chi connectivity index (χ3v) is 3.22. The molecule has 2 aliphatic rings. The average Bonchev–Trinajstić information content (AvgIpc) is 2.97. The van der Waals surface area contributed by atoms with Gasteiger partial charge in [-0.1, -0.05) is 11.6 Å². The first-order valence-corrected chi connectivity index (χ1v) is 5.73. The molecule has 3 nitrogen and oxygen atoms in total. The number of pyridine rings is 1. The summed E-state index contributed by atoms with van der Waals surface area (Å²) in [5.41, 5.74) is 1.15. The van der Waals surface area contributed by atoms with Crippen molar-refractivity contribution in [1.82, 2.24) is 10.3 Å². The maximum absolute atomic E-state index is 6.04. The number of nitrogens with zero attached hydrogens (tertiary/aromatic N) is 1. The summed E-state index contributed by atoms with van der Waals surface area (Å²) in [4.78, 5) is 4.17. The molecule has 2 fully saturated rings. The summed E-state index contributed by atoms with van der Waals surface area (Å²) in [7, 11) is 0. The first-order valence-electron chi connectivity index (χ1n) is 5.36. The number of hydrogen-bond acceptors (Lipinski definition) is 3. The zero-order valence-electron chi connectivity index (χ0n) is 8.37. The predicted molar refractivity (Wildman–Crippen MR) is 58.5 cm³/mol. The lowest BCUT2D eigenvalue weighted by Gasteiger charge is -2.27. The van der Waals surface area contributed by atoms with Crippen molar-refractivity contribution in [3.05, 3.63) is 23.0 Å². The van der Waals surface area contributed by atoms with Crippen molar-refractivity contribution in [3.8, 4) is 5.75 Å². The van der Waals surface area contributed by atoms with E-state index in [0.717, 1.165) is 24.4 Å². The van der Waals surface area contributed by atoms with Gasteiger partial charge in [0.25, 0.3) is 0 Å². The summed E-state index contributed by atoms with van der Waals surface area (Å²) in [6, 6.07) is 2.05. The Labute approximate surface area is 93.8 Å². The highest BCUT2D eigenvalue weighted by Crippen LogP contribution is 2.43. The van der Waals surface area contributed by atoms with Crippen molar-refractivity contribution < 1.29 is 4.74 Å². The number of aromatic nitrogens is 1. The Kier molecular flexibility index (Phi) is 2.29. The lowest BCUT2D eigenvalue weighted by Crippen LogP contribution is -2.50. The van der Waals surface area contributed by atoms with Crippen LogP contribution in [0.1, 0.15) is 24.3 Å². The van der Waals surface area contributed by atoms with Gasteiger partial charge in [-0.25, -0.2) is 4.98 Å². The van der Waals surface area contributed by atoms with Crippen LogP contribution in [0.15, 0.2) is 12.3 Å². The zero-order valence-corrected chi connectivity index (χ0v) is 9.13. The van der Waals surface area contributed by atoms with Crippen LogP contribution >= 0.6 is 11.6 Å². The summed E-state index contributed by atoms with van der Waals surface area (Å²) >= 11 is 6.04. The molecular formula is C11H13ClN2O. The standard InChI is InChI=1S/C11H13ClN2O/c12-11-10(7-1-2-7)3-8(6-14-11)15-9-4-13-5-9/h3,6-7,9,13H,1-2,4-5H2. The quantitative estimate of drug-likeness (QED) is 0.798. The molecule has 4 heteroatoms. The van der Waals surface area contributed by atoms with E-state index >= 15 is 0 Å². The van der Waals surface area contributed by atoms with Gasteiger partial charge in [-0.3, -0.25) is 0 Å². The summed E-state index contributed by atoms with van der Waals surface area (Å²) in [5, 5.41) is 3.81. The fourth-order valence-corrected chi connectivity index (χ4v) is 1.99. The lowest BCUT2D eigenvalue weighted by molar-refractivity contribution is 0.141. The van der Waals surface area contributed by atoms with Gasteiger partial charge in [-0.2, -0.15) is 0 Å². The van der Waals surface area contributed by atoms with Gasteiger partial charge in [0.05, 0.1) is 6.20 Å². The molecule has 15 heavy (non-hydrogen) atoms. The second kappa shape index (κ2) is 3.65. The summed E-state index contributed by atoms with van der Waals surface area (Å²) < 4.78 is 5.74. The monoisotopic (exact) mass is 224 g/mol. The minimum absolute atomic E-state index is 0.306. The Morgan fingerprint density at radius 1 is 1.40 bits per heavy atom. The molecule has 0 amide bonds. The average molecular weight is 225 g/mol. The molecule has 1 aromatic rings. The largest absolute Gasteiger partial charge is 0.486 e. The molecule has 0 aromatic carbocycles. The van der Waals surface area contributed by atoms with Gasteiger partial charge in [0.15, 0.2) is 0 Å². The number of nitrogens with one attached hydrogen (secondary N) is 1. The highest BCUT2D eigenvalue weighted by atomic mass is 35.5.